The van der Waals surface area contributed by atoms with E-state index in [4.69, 9.17) is 9.47 Å². The molecule has 1 saturated carbocycles. The molecular weight excluding hydrogens is 434 g/mol. The number of fused-ring (bicyclic) bond motifs is 1. The highest BCUT2D eigenvalue weighted by atomic mass is 16.5. The van der Waals surface area contributed by atoms with Crippen LogP contribution in [0.25, 0.3) is 6.08 Å². The maximum absolute atomic E-state index is 11.5. The Kier molecular flexibility index (Phi) is 6.38. The minimum atomic E-state index is -0.354. The Hall–Kier alpha value is -3.53. The number of carbonyl (C=O) groups excluding carboxylic acids is 1. The molecule has 0 saturated heterocycles. The lowest BCUT2D eigenvalue weighted by molar-refractivity contribution is -0.134. The number of methoxy groups -OCH3 is 2. The third-order valence-corrected chi connectivity index (χ3v) is 7.54. The summed E-state index contributed by atoms with van der Waals surface area (Å²) >= 11 is 0. The Bertz CT molecular complexity index is 1230. The van der Waals surface area contributed by atoms with Crippen LogP contribution >= 0.6 is 0 Å². The number of hydrogen-bond acceptors (Lipinski definition) is 4. The van der Waals surface area contributed by atoms with Crippen LogP contribution < -0.4 is 9.64 Å². The molecule has 0 aromatic heterocycles. The molecule has 0 N–H and O–H groups in total. The highest BCUT2D eigenvalue weighted by Gasteiger charge is 2.40. The summed E-state index contributed by atoms with van der Waals surface area (Å²) in [5.41, 5.74) is 7.12. The molecule has 1 unspecified atom stereocenters. The molecule has 0 radical (unpaired) electrons. The Morgan fingerprint density at radius 3 is 2.43 bits per heavy atom. The summed E-state index contributed by atoms with van der Waals surface area (Å²) in [6, 6.07) is 24.1. The van der Waals surface area contributed by atoms with Crippen molar-refractivity contribution < 1.29 is 14.3 Å². The van der Waals surface area contributed by atoms with Crippen molar-refractivity contribution in [3.63, 3.8) is 0 Å². The van der Waals surface area contributed by atoms with E-state index in [0.29, 0.717) is 0 Å². The summed E-state index contributed by atoms with van der Waals surface area (Å²) in [5, 5.41) is 0. The van der Waals surface area contributed by atoms with Crippen molar-refractivity contribution in [2.24, 2.45) is 5.92 Å². The van der Waals surface area contributed by atoms with Crippen molar-refractivity contribution in [3.05, 3.63) is 101 Å². The summed E-state index contributed by atoms with van der Waals surface area (Å²) < 4.78 is 10.2. The van der Waals surface area contributed by atoms with Gasteiger partial charge in [-0.3, -0.25) is 0 Å². The zero-order valence-electron chi connectivity index (χ0n) is 20.8. The maximum atomic E-state index is 11.5. The highest BCUT2D eigenvalue weighted by Crippen LogP contribution is 2.44. The highest BCUT2D eigenvalue weighted by molar-refractivity contribution is 5.86. The van der Waals surface area contributed by atoms with Gasteiger partial charge in [0.2, 0.25) is 0 Å². The third-order valence-electron chi connectivity index (χ3n) is 7.54. The molecule has 3 aromatic rings. The van der Waals surface area contributed by atoms with Crippen molar-refractivity contribution in [1.82, 2.24) is 0 Å². The largest absolute Gasteiger partial charge is 0.497 e. The summed E-state index contributed by atoms with van der Waals surface area (Å²) in [7, 11) is 3.11. The average Bonchev–Trinajstić information content (AvgIpc) is 3.72. The number of hydrogen-bond donors (Lipinski definition) is 0. The van der Waals surface area contributed by atoms with Crippen LogP contribution in [0.1, 0.15) is 47.6 Å². The Morgan fingerprint density at radius 1 is 1.03 bits per heavy atom. The molecule has 1 fully saturated rings. The van der Waals surface area contributed by atoms with Crippen molar-refractivity contribution in [2.75, 3.05) is 25.7 Å². The smallest absolute Gasteiger partial charge is 0.330 e. The molecule has 4 nitrogen and oxygen atoms in total. The second-order valence-corrected chi connectivity index (χ2v) is 9.79. The minimum Gasteiger partial charge on any atom is -0.497 e. The summed E-state index contributed by atoms with van der Waals surface area (Å²) in [4.78, 5) is 14.0. The first kappa shape index (κ1) is 23.2. The van der Waals surface area contributed by atoms with Gasteiger partial charge >= 0.3 is 5.97 Å². The van der Waals surface area contributed by atoms with Gasteiger partial charge in [0.05, 0.1) is 19.8 Å². The molecule has 4 heteroatoms. The maximum Gasteiger partial charge on any atom is 0.330 e. The molecule has 180 valence electrons. The van der Waals surface area contributed by atoms with Gasteiger partial charge in [-0.2, -0.15) is 0 Å². The van der Waals surface area contributed by atoms with Gasteiger partial charge in [0, 0.05) is 18.3 Å². The van der Waals surface area contributed by atoms with Crippen LogP contribution in [0.15, 0.2) is 72.8 Å². The van der Waals surface area contributed by atoms with Gasteiger partial charge in [-0.25, -0.2) is 4.79 Å². The SMILES string of the molecule is COC(=O)/C=C/c1ccc(C2(C)c3ccc(OC)cc3CCN2c2ccc(CC3CC3)cc2)cc1. The number of rotatable bonds is 7. The molecule has 0 spiro atoms. The lowest BCUT2D eigenvalue weighted by Crippen LogP contribution is -2.49. The van der Waals surface area contributed by atoms with Gasteiger partial charge in [-0.15, -0.1) is 0 Å². The van der Waals surface area contributed by atoms with Gasteiger partial charge < -0.3 is 14.4 Å². The van der Waals surface area contributed by atoms with Crippen molar-refractivity contribution >= 4 is 17.7 Å². The van der Waals surface area contributed by atoms with E-state index in [1.165, 1.54) is 60.4 Å². The summed E-state index contributed by atoms with van der Waals surface area (Å²) in [6.07, 6.45) is 8.14. The molecule has 1 aliphatic heterocycles. The Labute approximate surface area is 208 Å². The first-order chi connectivity index (χ1) is 17.0. The second-order valence-electron chi connectivity index (χ2n) is 9.79. The first-order valence-corrected chi connectivity index (χ1v) is 12.4. The van der Waals surface area contributed by atoms with Crippen LogP contribution in [-0.2, 0) is 27.9 Å². The van der Waals surface area contributed by atoms with E-state index >= 15 is 0 Å². The predicted molar refractivity (Wildman–Crippen MR) is 141 cm³/mol. The zero-order valence-corrected chi connectivity index (χ0v) is 20.8. The molecule has 3 aromatic carbocycles. The van der Waals surface area contributed by atoms with Crippen LogP contribution in [0.3, 0.4) is 0 Å². The van der Waals surface area contributed by atoms with E-state index in [2.05, 4.69) is 78.6 Å². The molecule has 1 atom stereocenters. The average molecular weight is 468 g/mol. The van der Waals surface area contributed by atoms with Crippen LogP contribution in [0.5, 0.6) is 5.75 Å². The third kappa shape index (κ3) is 4.70. The fourth-order valence-electron chi connectivity index (χ4n) is 5.30. The van der Waals surface area contributed by atoms with Crippen molar-refractivity contribution in [2.45, 2.75) is 38.1 Å². The zero-order chi connectivity index (χ0) is 24.4. The van der Waals surface area contributed by atoms with Gasteiger partial charge in [0.25, 0.3) is 0 Å². The van der Waals surface area contributed by atoms with Gasteiger partial charge in [0.15, 0.2) is 0 Å². The van der Waals surface area contributed by atoms with Crippen LogP contribution in [0, 0.1) is 5.92 Å². The van der Waals surface area contributed by atoms with Crippen molar-refractivity contribution in [3.8, 4) is 5.75 Å². The fraction of sp³-hybridized carbons (Fsp3) is 0.323. The summed E-state index contributed by atoms with van der Waals surface area (Å²) in [5.74, 6) is 1.43. The topological polar surface area (TPSA) is 38.8 Å². The van der Waals surface area contributed by atoms with Gasteiger partial charge in [-0.1, -0.05) is 42.5 Å². The van der Waals surface area contributed by atoms with Crippen LogP contribution in [0.2, 0.25) is 0 Å². The van der Waals surface area contributed by atoms with E-state index in [-0.39, 0.29) is 11.5 Å². The number of anilines is 1. The van der Waals surface area contributed by atoms with E-state index in [1.807, 2.05) is 0 Å². The lowest BCUT2D eigenvalue weighted by atomic mass is 9.76. The Morgan fingerprint density at radius 2 is 1.77 bits per heavy atom. The molecule has 2 aliphatic rings. The molecule has 1 heterocycles. The van der Waals surface area contributed by atoms with E-state index in [9.17, 15) is 4.79 Å². The summed E-state index contributed by atoms with van der Waals surface area (Å²) in [6.45, 7) is 3.23. The molecule has 0 amide bonds. The van der Waals surface area contributed by atoms with Crippen LogP contribution in [-0.4, -0.2) is 26.7 Å². The molecule has 0 bridgehead atoms. The minimum absolute atomic E-state index is 0.345. The standard InChI is InChI=1S/C31H33NO3/c1-31(26-11-6-22(7-12-26)10-17-30(33)35-3)29-16-15-28(34-2)21-25(29)18-19-32(31)27-13-8-24(9-14-27)20-23-4-5-23/h6-17,21,23H,4-5,18-20H2,1-3H3/b17-10+. The quantitative estimate of drug-likeness (QED) is 0.308. The van der Waals surface area contributed by atoms with Gasteiger partial charge in [0.1, 0.15) is 5.75 Å². The van der Waals surface area contributed by atoms with Crippen LogP contribution in [0.4, 0.5) is 5.69 Å². The number of nitrogens with zero attached hydrogens (tertiary/aromatic N) is 1. The number of benzene rings is 3. The number of carbonyl (C=O) groups is 1. The number of ether oxygens (including phenoxy) is 2. The fourth-order valence-corrected chi connectivity index (χ4v) is 5.30. The molecule has 1 aliphatic carbocycles. The molecule has 35 heavy (non-hydrogen) atoms. The van der Waals surface area contributed by atoms with Crippen molar-refractivity contribution in [1.29, 1.82) is 0 Å². The van der Waals surface area contributed by atoms with E-state index in [0.717, 1.165) is 30.2 Å². The van der Waals surface area contributed by atoms with Gasteiger partial charge in [-0.05, 0) is 96.7 Å². The molecular formula is C31H33NO3. The van der Waals surface area contributed by atoms with E-state index in [1.54, 1.807) is 13.2 Å². The lowest BCUT2D eigenvalue weighted by Gasteiger charge is -2.48. The monoisotopic (exact) mass is 467 g/mol. The Balaban J connectivity index is 1.53. The normalized spacial score (nSPS) is 19.5. The predicted octanol–water partition coefficient (Wildman–Crippen LogP) is 6.16. The second kappa shape index (κ2) is 9.61. The van der Waals surface area contributed by atoms with E-state index < -0.39 is 0 Å². The number of esters is 1. The first-order valence-electron chi connectivity index (χ1n) is 12.4. The molecule has 5 rings (SSSR count).